The molecule has 8 nitrogen and oxygen atoms in total. The van der Waals surface area contributed by atoms with Crippen molar-refractivity contribution in [3.8, 4) is 0 Å². The highest BCUT2D eigenvalue weighted by atomic mass is 32.1. The van der Waals surface area contributed by atoms with Crippen molar-refractivity contribution in [3.63, 3.8) is 0 Å². The number of aromatic nitrogens is 1. The Hall–Kier alpha value is -3.86. The zero-order valence-corrected chi connectivity index (χ0v) is 20.7. The molecule has 0 saturated carbocycles. The molecule has 0 bridgehead atoms. The number of alkyl halides is 2. The second-order valence-electron chi connectivity index (χ2n) is 8.35. The van der Waals surface area contributed by atoms with Gasteiger partial charge in [-0.1, -0.05) is 24.3 Å². The van der Waals surface area contributed by atoms with Crippen LogP contribution in [-0.4, -0.2) is 45.9 Å². The first kappa shape index (κ1) is 26.7. The van der Waals surface area contributed by atoms with E-state index in [-0.39, 0.29) is 17.9 Å². The van der Waals surface area contributed by atoms with E-state index in [2.05, 4.69) is 15.6 Å². The van der Waals surface area contributed by atoms with Crippen molar-refractivity contribution in [3.05, 3.63) is 75.6 Å². The number of pyridine rings is 1. The highest BCUT2D eigenvalue weighted by molar-refractivity contribution is 7.10. The van der Waals surface area contributed by atoms with E-state index in [4.69, 9.17) is 5.11 Å². The summed E-state index contributed by atoms with van der Waals surface area (Å²) >= 11 is 1.19. The fourth-order valence-corrected chi connectivity index (χ4v) is 4.34. The molecule has 0 spiro atoms. The van der Waals surface area contributed by atoms with E-state index in [1.54, 1.807) is 32.2 Å². The van der Waals surface area contributed by atoms with Crippen LogP contribution in [0.25, 0.3) is 0 Å². The molecule has 1 aromatic carbocycles. The average Bonchev–Trinajstić information content (AvgIpc) is 3.28. The van der Waals surface area contributed by atoms with Crippen LogP contribution in [0.1, 0.15) is 34.5 Å². The van der Waals surface area contributed by atoms with E-state index in [0.29, 0.717) is 21.9 Å². The zero-order valence-electron chi connectivity index (χ0n) is 19.9. The average molecular weight is 517 g/mol. The maximum absolute atomic E-state index is 13.5. The number of aryl methyl sites for hydroxylation is 1. The lowest BCUT2D eigenvalue weighted by Gasteiger charge is -2.24. The summed E-state index contributed by atoms with van der Waals surface area (Å²) in [6, 6.07) is 11.3. The smallest absolute Gasteiger partial charge is 0.374 e. The van der Waals surface area contributed by atoms with E-state index in [9.17, 15) is 23.2 Å². The number of rotatable bonds is 9. The molecule has 0 saturated heterocycles. The first-order valence-corrected chi connectivity index (χ1v) is 11.9. The largest absolute Gasteiger partial charge is 0.477 e. The fraction of sp³-hybridized carbons (Fsp3) is 0.280. The molecule has 36 heavy (non-hydrogen) atoms. The Kier molecular flexibility index (Phi) is 8.36. The van der Waals surface area contributed by atoms with E-state index >= 15 is 0 Å². The number of hydrogen-bond donors (Lipinski definition) is 3. The van der Waals surface area contributed by atoms with Crippen LogP contribution in [0.15, 0.2) is 54.0 Å². The highest BCUT2D eigenvalue weighted by Gasteiger charge is 2.39. The summed E-state index contributed by atoms with van der Waals surface area (Å²) in [5.41, 5.74) is 2.44. The van der Waals surface area contributed by atoms with E-state index in [1.165, 1.54) is 33.9 Å². The summed E-state index contributed by atoms with van der Waals surface area (Å²) in [5, 5.41) is 15.5. The molecule has 1 atom stereocenters. The van der Waals surface area contributed by atoms with Gasteiger partial charge < -0.3 is 15.3 Å². The van der Waals surface area contributed by atoms with Crippen LogP contribution in [0.3, 0.4) is 0 Å². The lowest BCUT2D eigenvalue weighted by atomic mass is 10.1. The number of nitrogens with one attached hydrogen (secondary N) is 2. The van der Waals surface area contributed by atoms with Gasteiger partial charge in [-0.3, -0.25) is 10.1 Å². The van der Waals surface area contributed by atoms with Gasteiger partial charge in [0, 0.05) is 30.2 Å². The van der Waals surface area contributed by atoms with Gasteiger partial charge in [-0.25, -0.2) is 14.6 Å². The van der Waals surface area contributed by atoms with E-state index in [0.717, 1.165) is 5.56 Å². The summed E-state index contributed by atoms with van der Waals surface area (Å²) in [4.78, 5) is 42.0. The Balaban J connectivity index is 1.55. The van der Waals surface area contributed by atoms with Gasteiger partial charge in [0.1, 0.15) is 5.82 Å². The Morgan fingerprint density at radius 1 is 1.14 bits per heavy atom. The molecule has 3 aromatic rings. The number of para-hydroxylation sites is 1. The molecule has 2 heterocycles. The molecular weight excluding hydrogens is 490 g/mol. The van der Waals surface area contributed by atoms with Crippen molar-refractivity contribution in [1.29, 1.82) is 0 Å². The third-order valence-corrected chi connectivity index (χ3v) is 6.77. The van der Waals surface area contributed by atoms with Crippen LogP contribution in [0.2, 0.25) is 0 Å². The molecule has 2 aromatic heterocycles. The second-order valence-corrected chi connectivity index (χ2v) is 9.29. The second kappa shape index (κ2) is 11.3. The van der Waals surface area contributed by atoms with Crippen LogP contribution in [0, 0.1) is 6.92 Å². The first-order valence-electron chi connectivity index (χ1n) is 11.0. The normalized spacial score (nSPS) is 12.0. The Labute approximate surface area is 211 Å². The molecule has 3 N–H and O–H groups in total. The minimum absolute atomic E-state index is 0.0544. The lowest BCUT2D eigenvalue weighted by molar-refractivity contribution is -0.164. The molecule has 3 rings (SSSR count). The number of amides is 3. The summed E-state index contributed by atoms with van der Waals surface area (Å²) < 4.78 is 27.0. The summed E-state index contributed by atoms with van der Waals surface area (Å²) in [6.45, 7) is 3.65. The number of hydrogen-bond acceptors (Lipinski definition) is 5. The zero-order chi connectivity index (χ0) is 26.5. The predicted molar refractivity (Wildman–Crippen MR) is 134 cm³/mol. The Morgan fingerprint density at radius 2 is 1.86 bits per heavy atom. The van der Waals surface area contributed by atoms with Crippen LogP contribution in [0.5, 0.6) is 0 Å². The number of thiophene rings is 1. The molecule has 11 heteroatoms. The molecule has 0 aliphatic rings. The number of urea groups is 1. The van der Waals surface area contributed by atoms with Crippen molar-refractivity contribution in [2.24, 2.45) is 0 Å². The van der Waals surface area contributed by atoms with E-state index < -0.39 is 30.4 Å². The lowest BCUT2D eigenvalue weighted by Crippen LogP contribution is -2.31. The van der Waals surface area contributed by atoms with Gasteiger partial charge in [-0.2, -0.15) is 8.78 Å². The topological polar surface area (TPSA) is 112 Å². The third-order valence-electron chi connectivity index (χ3n) is 5.61. The van der Waals surface area contributed by atoms with Crippen molar-refractivity contribution in [2.45, 2.75) is 38.7 Å². The maximum Gasteiger partial charge on any atom is 0.374 e. The maximum atomic E-state index is 13.5. The van der Waals surface area contributed by atoms with Crippen molar-refractivity contribution in [1.82, 2.24) is 9.88 Å². The third kappa shape index (κ3) is 6.85. The molecule has 0 radical (unpaired) electrons. The number of likely N-dealkylation sites (N-methyl/N-ethyl adjacent to an activating group) is 1. The first-order chi connectivity index (χ1) is 17.0. The van der Waals surface area contributed by atoms with Gasteiger partial charge >= 0.3 is 17.9 Å². The van der Waals surface area contributed by atoms with E-state index in [1.807, 2.05) is 25.1 Å². The molecular formula is C25H26F2N4O4S. The summed E-state index contributed by atoms with van der Waals surface area (Å²) in [6.07, 6.45) is 0.647. The molecule has 1 unspecified atom stereocenters. The molecule has 0 aliphatic carbocycles. The van der Waals surface area contributed by atoms with Gasteiger partial charge in [0.25, 0.3) is 0 Å². The molecule has 0 fully saturated rings. The number of halogens is 2. The Morgan fingerprint density at radius 3 is 2.50 bits per heavy atom. The van der Waals surface area contributed by atoms with Gasteiger partial charge in [-0.15, -0.1) is 11.3 Å². The van der Waals surface area contributed by atoms with Crippen molar-refractivity contribution < 1.29 is 28.3 Å². The molecule has 3 amide bonds. The van der Waals surface area contributed by atoms with Gasteiger partial charge in [0.2, 0.25) is 5.91 Å². The molecule has 190 valence electrons. The van der Waals surface area contributed by atoms with Gasteiger partial charge in [0.05, 0.1) is 12.5 Å². The van der Waals surface area contributed by atoms with Crippen molar-refractivity contribution in [2.75, 3.05) is 17.7 Å². The van der Waals surface area contributed by atoms with Gasteiger partial charge in [-0.05, 0) is 54.1 Å². The van der Waals surface area contributed by atoms with Crippen LogP contribution in [-0.2, 0) is 22.4 Å². The fourth-order valence-electron chi connectivity index (χ4n) is 3.33. The number of aliphatic carboxylic acids is 1. The SMILES string of the molecule is Cc1ccccc1NC(=O)Nc1ccc(CC(=O)N(C)C(C)c2cc(CC(F)(F)C(=O)O)cs2)cn1. The number of carboxylic acids is 1. The van der Waals surface area contributed by atoms with Crippen LogP contribution in [0.4, 0.5) is 25.1 Å². The summed E-state index contributed by atoms with van der Waals surface area (Å²) in [5.74, 6) is -5.91. The number of carbonyl (C=O) groups is 3. The number of anilines is 2. The molecule has 0 aliphatic heterocycles. The highest BCUT2D eigenvalue weighted by Crippen LogP contribution is 2.30. The quantitative estimate of drug-likeness (QED) is 0.366. The number of benzene rings is 1. The minimum atomic E-state index is -3.85. The van der Waals surface area contributed by atoms with Gasteiger partial charge in [0.15, 0.2) is 0 Å². The van der Waals surface area contributed by atoms with Crippen molar-refractivity contribution >= 4 is 40.7 Å². The number of carbonyl (C=O) groups excluding carboxylic acids is 2. The Bertz CT molecular complexity index is 1250. The van der Waals surface area contributed by atoms with Crippen LogP contribution >= 0.6 is 11.3 Å². The monoisotopic (exact) mass is 516 g/mol. The predicted octanol–water partition coefficient (Wildman–Crippen LogP) is 5.12. The minimum Gasteiger partial charge on any atom is -0.477 e. The number of nitrogens with zero attached hydrogens (tertiary/aromatic N) is 2. The van der Waals surface area contributed by atoms with Crippen LogP contribution < -0.4 is 10.6 Å². The summed E-state index contributed by atoms with van der Waals surface area (Å²) in [7, 11) is 1.61. The standard InChI is InChI=1S/C25H26F2N4O4S/c1-15-6-4-5-7-19(15)29-24(35)30-21-9-8-17(13-28-21)11-22(32)31(3)16(2)20-10-18(14-36-20)12-25(26,27)23(33)34/h4-10,13-14,16H,11-12H2,1-3H3,(H,33,34)(H2,28,29,30,35). The number of carboxylic acid groups (broad SMARTS) is 1.